The van der Waals surface area contributed by atoms with Crippen LogP contribution in [0.5, 0.6) is 0 Å². The maximum atomic E-state index is 12.2. The number of benzene rings is 2. The Morgan fingerprint density at radius 2 is 1.81 bits per heavy atom. The van der Waals surface area contributed by atoms with Crippen molar-refractivity contribution in [3.63, 3.8) is 0 Å². The van der Waals surface area contributed by atoms with E-state index >= 15 is 0 Å². The fraction of sp³-hybridized carbons (Fsp3) is 0.250. The highest BCUT2D eigenvalue weighted by atomic mass is 32.1. The second-order valence-electron chi connectivity index (χ2n) is 6.51. The van der Waals surface area contributed by atoms with E-state index in [0.29, 0.717) is 18.7 Å². The van der Waals surface area contributed by atoms with E-state index in [1.807, 2.05) is 24.3 Å². The molecule has 1 aromatic heterocycles. The minimum Gasteiger partial charge on any atom is -0.360 e. The molecule has 1 aliphatic carbocycles. The van der Waals surface area contributed by atoms with Crippen LogP contribution >= 0.6 is 11.3 Å². The van der Waals surface area contributed by atoms with E-state index in [1.54, 1.807) is 35.6 Å². The minimum atomic E-state index is -0.138. The van der Waals surface area contributed by atoms with Gasteiger partial charge >= 0.3 is 0 Å². The fourth-order valence-electron chi connectivity index (χ4n) is 2.69. The Bertz CT molecular complexity index is 931. The molecule has 1 aliphatic rings. The highest BCUT2D eigenvalue weighted by molar-refractivity contribution is 7.22. The zero-order valence-corrected chi connectivity index (χ0v) is 15.5. The van der Waals surface area contributed by atoms with Crippen LogP contribution in [0.4, 0.5) is 10.8 Å². The summed E-state index contributed by atoms with van der Waals surface area (Å²) in [5.74, 6) is 0.0881. The van der Waals surface area contributed by atoms with Crippen LogP contribution in [0, 0.1) is 5.92 Å². The lowest BCUT2D eigenvalue weighted by atomic mass is 10.2. The van der Waals surface area contributed by atoms with Crippen LogP contribution in [0.1, 0.15) is 23.2 Å². The van der Waals surface area contributed by atoms with E-state index < -0.39 is 0 Å². The summed E-state index contributed by atoms with van der Waals surface area (Å²) in [7, 11) is 0. The largest absolute Gasteiger partial charge is 0.360 e. The monoisotopic (exact) mass is 380 g/mol. The third-order valence-corrected chi connectivity index (χ3v) is 5.34. The zero-order chi connectivity index (χ0) is 18.6. The number of amides is 2. The number of para-hydroxylation sites is 1. The highest BCUT2D eigenvalue weighted by Crippen LogP contribution is 2.30. The van der Waals surface area contributed by atoms with Gasteiger partial charge in [0.1, 0.15) is 0 Å². The van der Waals surface area contributed by atoms with Crippen molar-refractivity contribution >= 4 is 44.2 Å². The first-order valence-corrected chi connectivity index (χ1v) is 9.79. The number of anilines is 2. The molecule has 3 aromatic rings. The van der Waals surface area contributed by atoms with Crippen molar-refractivity contribution in [1.82, 2.24) is 10.3 Å². The van der Waals surface area contributed by atoms with E-state index in [-0.39, 0.29) is 17.7 Å². The Morgan fingerprint density at radius 1 is 1.04 bits per heavy atom. The highest BCUT2D eigenvalue weighted by Gasteiger charge is 2.29. The van der Waals surface area contributed by atoms with Gasteiger partial charge in [-0.05, 0) is 49.2 Å². The molecule has 0 unspecified atom stereocenters. The quantitative estimate of drug-likeness (QED) is 0.548. The average Bonchev–Trinajstić information content (AvgIpc) is 3.45. The molecule has 0 bridgehead atoms. The SMILES string of the molecule is O=C(NCCNc1nc2ccccc2s1)c1ccc(NC(=O)C2CC2)cc1. The summed E-state index contributed by atoms with van der Waals surface area (Å²) in [5, 5.41) is 9.83. The number of fused-ring (bicyclic) bond motifs is 1. The van der Waals surface area contributed by atoms with Gasteiger partial charge in [0.25, 0.3) is 5.91 Å². The first-order chi connectivity index (χ1) is 13.2. The number of nitrogens with one attached hydrogen (secondary N) is 3. The van der Waals surface area contributed by atoms with Gasteiger partial charge < -0.3 is 16.0 Å². The van der Waals surface area contributed by atoms with Gasteiger partial charge in [-0.2, -0.15) is 0 Å². The summed E-state index contributed by atoms with van der Waals surface area (Å²) < 4.78 is 1.14. The summed E-state index contributed by atoms with van der Waals surface area (Å²) in [6.45, 7) is 1.09. The molecule has 27 heavy (non-hydrogen) atoms. The smallest absolute Gasteiger partial charge is 0.251 e. The van der Waals surface area contributed by atoms with Gasteiger partial charge in [-0.3, -0.25) is 9.59 Å². The topological polar surface area (TPSA) is 83.1 Å². The van der Waals surface area contributed by atoms with Gasteiger partial charge in [-0.15, -0.1) is 0 Å². The molecule has 138 valence electrons. The second-order valence-corrected chi connectivity index (χ2v) is 7.54. The predicted octanol–water partition coefficient (Wildman–Crippen LogP) is 3.49. The molecule has 0 radical (unpaired) electrons. The van der Waals surface area contributed by atoms with Crippen LogP contribution in [0.15, 0.2) is 48.5 Å². The van der Waals surface area contributed by atoms with Gasteiger partial charge in [-0.25, -0.2) is 4.98 Å². The number of rotatable bonds is 7. The number of thiazole rings is 1. The maximum Gasteiger partial charge on any atom is 0.251 e. The predicted molar refractivity (Wildman–Crippen MR) is 108 cm³/mol. The minimum absolute atomic E-state index is 0.0631. The molecular weight excluding hydrogens is 360 g/mol. The first kappa shape index (κ1) is 17.5. The third-order valence-electron chi connectivity index (χ3n) is 4.34. The van der Waals surface area contributed by atoms with Gasteiger partial charge in [0.05, 0.1) is 10.2 Å². The molecule has 3 N–H and O–H groups in total. The molecule has 0 spiro atoms. The lowest BCUT2D eigenvalue weighted by molar-refractivity contribution is -0.117. The number of hydrogen-bond donors (Lipinski definition) is 3. The Kier molecular flexibility index (Phi) is 5.02. The van der Waals surface area contributed by atoms with Gasteiger partial charge in [0.2, 0.25) is 5.91 Å². The van der Waals surface area contributed by atoms with E-state index in [0.717, 1.165) is 33.9 Å². The van der Waals surface area contributed by atoms with Crippen LogP contribution < -0.4 is 16.0 Å². The van der Waals surface area contributed by atoms with Crippen molar-refractivity contribution in [1.29, 1.82) is 0 Å². The summed E-state index contributed by atoms with van der Waals surface area (Å²) in [6.07, 6.45) is 1.94. The average molecular weight is 380 g/mol. The van der Waals surface area contributed by atoms with E-state index in [1.165, 1.54) is 0 Å². The Labute approximate surface area is 161 Å². The Hall–Kier alpha value is -2.93. The van der Waals surface area contributed by atoms with Crippen molar-refractivity contribution in [3.8, 4) is 0 Å². The van der Waals surface area contributed by atoms with E-state index in [9.17, 15) is 9.59 Å². The summed E-state index contributed by atoms with van der Waals surface area (Å²) >= 11 is 1.60. The molecule has 6 nitrogen and oxygen atoms in total. The molecule has 1 heterocycles. The van der Waals surface area contributed by atoms with E-state index in [2.05, 4.69) is 20.9 Å². The number of hydrogen-bond acceptors (Lipinski definition) is 5. The van der Waals surface area contributed by atoms with Gasteiger partial charge in [0, 0.05) is 30.3 Å². The molecule has 0 saturated heterocycles. The molecule has 2 aromatic carbocycles. The molecule has 7 heteroatoms. The summed E-state index contributed by atoms with van der Waals surface area (Å²) in [6, 6.07) is 14.9. The lowest BCUT2D eigenvalue weighted by Gasteiger charge is -2.08. The summed E-state index contributed by atoms with van der Waals surface area (Å²) in [4.78, 5) is 28.4. The number of aromatic nitrogens is 1. The maximum absolute atomic E-state index is 12.2. The van der Waals surface area contributed by atoms with Crippen LogP contribution in [-0.4, -0.2) is 29.9 Å². The lowest BCUT2D eigenvalue weighted by Crippen LogP contribution is -2.28. The molecule has 0 atom stereocenters. The van der Waals surface area contributed by atoms with Gasteiger partial charge in [-0.1, -0.05) is 23.5 Å². The van der Waals surface area contributed by atoms with Gasteiger partial charge in [0.15, 0.2) is 5.13 Å². The van der Waals surface area contributed by atoms with Crippen LogP contribution in [0.3, 0.4) is 0 Å². The Balaban J connectivity index is 1.23. The molecule has 1 fully saturated rings. The Morgan fingerprint density at radius 3 is 2.56 bits per heavy atom. The van der Waals surface area contributed by atoms with Crippen LogP contribution in [-0.2, 0) is 4.79 Å². The number of carbonyl (C=O) groups is 2. The standard InChI is InChI=1S/C20H20N4O2S/c25-18(13-7-9-15(10-8-13)23-19(26)14-5-6-14)21-11-12-22-20-24-16-3-1-2-4-17(16)27-20/h1-4,7-10,14H,5-6,11-12H2,(H,21,25)(H,22,24)(H,23,26). The van der Waals surface area contributed by atoms with Crippen molar-refractivity contribution in [3.05, 3.63) is 54.1 Å². The molecule has 1 saturated carbocycles. The molecule has 4 rings (SSSR count). The second kappa shape index (κ2) is 7.75. The third kappa shape index (κ3) is 4.43. The summed E-state index contributed by atoms with van der Waals surface area (Å²) in [5.41, 5.74) is 2.27. The van der Waals surface area contributed by atoms with Crippen LogP contribution in [0.25, 0.3) is 10.2 Å². The molecule has 0 aliphatic heterocycles. The van der Waals surface area contributed by atoms with Crippen molar-refractivity contribution in [2.75, 3.05) is 23.7 Å². The van der Waals surface area contributed by atoms with E-state index in [4.69, 9.17) is 0 Å². The number of carbonyl (C=O) groups excluding carboxylic acids is 2. The normalized spacial score (nSPS) is 13.3. The molecular formula is C20H20N4O2S. The van der Waals surface area contributed by atoms with Crippen molar-refractivity contribution in [2.45, 2.75) is 12.8 Å². The first-order valence-electron chi connectivity index (χ1n) is 8.97. The van der Waals surface area contributed by atoms with Crippen molar-refractivity contribution in [2.24, 2.45) is 5.92 Å². The number of nitrogens with zero attached hydrogens (tertiary/aromatic N) is 1. The van der Waals surface area contributed by atoms with Crippen LogP contribution in [0.2, 0.25) is 0 Å². The molecule has 2 amide bonds. The fourth-order valence-corrected chi connectivity index (χ4v) is 3.58. The zero-order valence-electron chi connectivity index (χ0n) is 14.7. The van der Waals surface area contributed by atoms with Crippen molar-refractivity contribution < 1.29 is 9.59 Å².